The minimum atomic E-state index is -3.77. The van der Waals surface area contributed by atoms with Gasteiger partial charge in [-0.3, -0.25) is 4.79 Å². The summed E-state index contributed by atoms with van der Waals surface area (Å²) < 4.78 is 26.6. The van der Waals surface area contributed by atoms with Gasteiger partial charge in [0, 0.05) is 38.2 Å². The van der Waals surface area contributed by atoms with Gasteiger partial charge in [0.05, 0.1) is 16.2 Å². The molecule has 0 radical (unpaired) electrons. The number of H-pyrrole nitrogens is 1. The van der Waals surface area contributed by atoms with Crippen LogP contribution in [0.5, 0.6) is 0 Å². The molecule has 2 aliphatic rings. The summed E-state index contributed by atoms with van der Waals surface area (Å²) in [7, 11) is -3.77. The number of carbonyl (C=O) groups is 1. The lowest BCUT2D eigenvalue weighted by Gasteiger charge is -2.23. The number of hydrogen-bond acceptors (Lipinski definition) is 4. The Bertz CT molecular complexity index is 1480. The van der Waals surface area contributed by atoms with Gasteiger partial charge in [-0.05, 0) is 93.2 Å². The number of aromatic amines is 1. The average molecular weight is 545 g/mol. The van der Waals surface area contributed by atoms with Gasteiger partial charge in [0.15, 0.2) is 9.84 Å². The topological polar surface area (TPSA) is 91.1 Å². The highest BCUT2D eigenvalue weighted by Crippen LogP contribution is 2.38. The molecule has 3 aromatic rings. The van der Waals surface area contributed by atoms with Crippen molar-refractivity contribution in [3.8, 4) is 0 Å². The average Bonchev–Trinajstić information content (AvgIpc) is 3.31. The van der Waals surface area contributed by atoms with Gasteiger partial charge < -0.3 is 15.6 Å². The van der Waals surface area contributed by atoms with Crippen molar-refractivity contribution in [2.75, 3.05) is 18.4 Å². The fraction of sp³-hybridized carbons (Fsp3) is 0.296. The number of carbonyl (C=O) groups excluding carboxylic acids is 1. The zero-order valence-electron chi connectivity index (χ0n) is 20.0. The van der Waals surface area contributed by atoms with Crippen molar-refractivity contribution in [2.24, 2.45) is 0 Å². The smallest absolute Gasteiger partial charge is 0.256 e. The molecular formula is C27H27Cl2N3O3S. The van der Waals surface area contributed by atoms with Gasteiger partial charge in [-0.25, -0.2) is 8.42 Å². The zero-order valence-corrected chi connectivity index (χ0v) is 22.4. The van der Waals surface area contributed by atoms with Gasteiger partial charge in [-0.1, -0.05) is 29.3 Å². The van der Waals surface area contributed by atoms with Gasteiger partial charge in [0.1, 0.15) is 0 Å². The molecule has 36 heavy (non-hydrogen) atoms. The van der Waals surface area contributed by atoms with Gasteiger partial charge in [0.2, 0.25) is 0 Å². The number of rotatable bonds is 5. The van der Waals surface area contributed by atoms with Crippen molar-refractivity contribution in [3.63, 3.8) is 0 Å². The maximum Gasteiger partial charge on any atom is 0.256 e. The molecule has 0 aliphatic carbocycles. The Morgan fingerprint density at radius 2 is 1.75 bits per heavy atom. The van der Waals surface area contributed by atoms with Crippen LogP contribution in [0.4, 0.5) is 5.69 Å². The molecule has 0 spiro atoms. The van der Waals surface area contributed by atoms with Crippen molar-refractivity contribution in [3.05, 3.63) is 80.1 Å². The fourth-order valence-electron chi connectivity index (χ4n) is 5.25. The van der Waals surface area contributed by atoms with E-state index < -0.39 is 9.84 Å². The fourth-order valence-corrected chi connectivity index (χ4v) is 7.37. The molecule has 6 nitrogen and oxygen atoms in total. The van der Waals surface area contributed by atoms with Gasteiger partial charge >= 0.3 is 0 Å². The molecule has 0 saturated carbocycles. The van der Waals surface area contributed by atoms with Crippen LogP contribution in [-0.4, -0.2) is 32.4 Å². The highest BCUT2D eigenvalue weighted by atomic mass is 35.5. The predicted molar refractivity (Wildman–Crippen MR) is 145 cm³/mol. The minimum Gasteiger partial charge on any atom is -0.359 e. The Labute approximate surface area is 221 Å². The van der Waals surface area contributed by atoms with E-state index in [1.807, 2.05) is 6.08 Å². The van der Waals surface area contributed by atoms with Gasteiger partial charge in [0.25, 0.3) is 5.91 Å². The van der Waals surface area contributed by atoms with Crippen LogP contribution in [0.25, 0.3) is 11.6 Å². The molecule has 3 N–H and O–H groups in total. The maximum atomic E-state index is 13.3. The molecule has 188 valence electrons. The summed E-state index contributed by atoms with van der Waals surface area (Å²) in [6.07, 6.45) is 3.99. The van der Waals surface area contributed by atoms with E-state index in [0.717, 1.165) is 42.9 Å². The van der Waals surface area contributed by atoms with Crippen molar-refractivity contribution >= 4 is 56.3 Å². The number of aryl methyl sites for hydroxylation is 1. The summed E-state index contributed by atoms with van der Waals surface area (Å²) in [5, 5.41) is 6.85. The normalized spacial score (nSPS) is 17.4. The Balaban J connectivity index is 1.51. The lowest BCUT2D eigenvalue weighted by Crippen LogP contribution is -2.27. The van der Waals surface area contributed by atoms with Crippen molar-refractivity contribution < 1.29 is 13.2 Å². The van der Waals surface area contributed by atoms with Crippen LogP contribution in [0.15, 0.2) is 41.3 Å². The van der Waals surface area contributed by atoms with Crippen LogP contribution in [-0.2, 0) is 20.4 Å². The Morgan fingerprint density at radius 3 is 2.44 bits per heavy atom. The molecule has 3 heterocycles. The van der Waals surface area contributed by atoms with Crippen molar-refractivity contribution in [1.29, 1.82) is 0 Å². The van der Waals surface area contributed by atoms with E-state index in [4.69, 9.17) is 23.2 Å². The van der Waals surface area contributed by atoms with Crippen LogP contribution < -0.4 is 10.6 Å². The van der Waals surface area contributed by atoms with Crippen molar-refractivity contribution in [1.82, 2.24) is 10.3 Å². The SMILES string of the molecule is Cc1[nH]c(C=C2C(=O)Nc3ccc(S(=O)(=O)Cc4c(Cl)cccc4Cl)cc32)c(C)c1C1CCNCC1. The summed E-state index contributed by atoms with van der Waals surface area (Å²) in [4.78, 5) is 16.5. The van der Waals surface area contributed by atoms with Crippen LogP contribution in [0.2, 0.25) is 10.0 Å². The molecule has 1 amide bonds. The number of benzene rings is 2. The predicted octanol–water partition coefficient (Wildman–Crippen LogP) is 5.87. The van der Waals surface area contributed by atoms with Crippen LogP contribution in [0.1, 0.15) is 52.4 Å². The number of amides is 1. The lowest BCUT2D eigenvalue weighted by atomic mass is 9.87. The van der Waals surface area contributed by atoms with E-state index in [1.165, 1.54) is 11.6 Å². The first-order chi connectivity index (χ1) is 17.2. The first kappa shape index (κ1) is 25.1. The Morgan fingerprint density at radius 1 is 1.06 bits per heavy atom. The molecule has 1 aromatic heterocycles. The second-order valence-electron chi connectivity index (χ2n) is 9.41. The van der Waals surface area contributed by atoms with E-state index >= 15 is 0 Å². The van der Waals surface area contributed by atoms with Crippen LogP contribution in [0.3, 0.4) is 0 Å². The number of halogens is 2. The quantitative estimate of drug-likeness (QED) is 0.351. The zero-order chi connectivity index (χ0) is 25.6. The molecule has 0 bridgehead atoms. The second kappa shape index (κ2) is 9.71. The third-order valence-electron chi connectivity index (χ3n) is 7.10. The molecular weight excluding hydrogens is 517 g/mol. The van der Waals surface area contributed by atoms with Gasteiger partial charge in [-0.15, -0.1) is 0 Å². The number of aromatic nitrogens is 1. The summed E-state index contributed by atoms with van der Waals surface area (Å²) in [6, 6.07) is 9.58. The number of piperidine rings is 1. The Hall–Kier alpha value is -2.58. The highest BCUT2D eigenvalue weighted by molar-refractivity contribution is 7.90. The van der Waals surface area contributed by atoms with Gasteiger partial charge in [-0.2, -0.15) is 0 Å². The van der Waals surface area contributed by atoms with Crippen LogP contribution >= 0.6 is 23.2 Å². The molecule has 1 fully saturated rings. The summed E-state index contributed by atoms with van der Waals surface area (Å²) >= 11 is 12.4. The summed E-state index contributed by atoms with van der Waals surface area (Å²) in [5.41, 5.74) is 6.35. The first-order valence-electron chi connectivity index (χ1n) is 11.9. The largest absolute Gasteiger partial charge is 0.359 e. The molecule has 9 heteroatoms. The second-order valence-corrected chi connectivity index (χ2v) is 12.2. The van der Waals surface area contributed by atoms with E-state index in [-0.39, 0.29) is 16.6 Å². The van der Waals surface area contributed by atoms with E-state index in [1.54, 1.807) is 30.3 Å². The molecule has 0 unspecified atom stereocenters. The first-order valence-corrected chi connectivity index (χ1v) is 14.3. The third kappa shape index (κ3) is 4.61. The standard InChI is InChI=1S/C27H27Cl2N3O3S/c1-15-25(31-16(2)26(15)17-8-10-30-11-9-17)13-20-19-12-18(6-7-24(19)32-27(20)33)36(34,35)14-21-22(28)4-3-5-23(21)29/h3-7,12-13,17,30-31H,8-11,14H2,1-2H3,(H,32,33). The molecule has 2 aliphatic heterocycles. The summed E-state index contributed by atoms with van der Waals surface area (Å²) in [6.45, 7) is 6.14. The number of nitrogens with one attached hydrogen (secondary N) is 3. The summed E-state index contributed by atoms with van der Waals surface area (Å²) in [5.74, 6) is -0.115. The molecule has 1 saturated heterocycles. The third-order valence-corrected chi connectivity index (χ3v) is 9.45. The lowest BCUT2D eigenvalue weighted by molar-refractivity contribution is -0.110. The Kier molecular flexibility index (Phi) is 6.76. The number of sulfone groups is 1. The maximum absolute atomic E-state index is 13.3. The highest BCUT2D eigenvalue weighted by Gasteiger charge is 2.29. The monoisotopic (exact) mass is 543 g/mol. The van der Waals surface area contributed by atoms with E-state index in [0.29, 0.717) is 38.4 Å². The number of hydrogen-bond donors (Lipinski definition) is 3. The number of fused-ring (bicyclic) bond motifs is 1. The van der Waals surface area contributed by atoms with E-state index in [9.17, 15) is 13.2 Å². The van der Waals surface area contributed by atoms with Crippen molar-refractivity contribution in [2.45, 2.75) is 43.3 Å². The molecule has 0 atom stereocenters. The van der Waals surface area contributed by atoms with E-state index in [2.05, 4.69) is 29.5 Å². The number of anilines is 1. The minimum absolute atomic E-state index is 0.106. The molecule has 2 aromatic carbocycles. The van der Waals surface area contributed by atoms with Crippen LogP contribution in [0, 0.1) is 13.8 Å². The molecule has 5 rings (SSSR count).